The molecule has 0 aromatic carbocycles. The predicted molar refractivity (Wildman–Crippen MR) is 48.9 cm³/mol. The van der Waals surface area contributed by atoms with Crippen LogP contribution in [0.2, 0.25) is 0 Å². The number of nitrogens with zero attached hydrogens (tertiary/aromatic N) is 2. The maximum Gasteiger partial charge on any atom is 0.245 e. The fourth-order valence-corrected chi connectivity index (χ4v) is 2.42. The zero-order valence-electron chi connectivity index (χ0n) is 7.83. The Hall–Kier alpha value is -1.39. The van der Waals surface area contributed by atoms with Crippen LogP contribution in [0.4, 0.5) is 0 Å². The first-order valence-corrected chi connectivity index (χ1v) is 5.35. The molecule has 7 heteroatoms. The minimum atomic E-state index is -3.61. The van der Waals surface area contributed by atoms with Crippen molar-refractivity contribution in [2.24, 2.45) is 0 Å². The molecule has 0 aliphatic rings. The normalized spacial score (nSPS) is 11.2. The van der Waals surface area contributed by atoms with Crippen LogP contribution in [0, 0.1) is 25.2 Å². The molecule has 0 radical (unpaired) electrons. The minimum absolute atomic E-state index is 0.118. The smallest absolute Gasteiger partial charge is 0.245 e. The van der Waals surface area contributed by atoms with Gasteiger partial charge >= 0.3 is 0 Å². The quantitative estimate of drug-likeness (QED) is 0.682. The van der Waals surface area contributed by atoms with Crippen LogP contribution in [-0.2, 0) is 10.0 Å². The molecule has 0 aliphatic heterocycles. The maximum atomic E-state index is 11.6. The summed E-state index contributed by atoms with van der Waals surface area (Å²) in [4.78, 5) is 0.118. The van der Waals surface area contributed by atoms with Crippen LogP contribution in [-0.4, -0.2) is 25.2 Å². The third-order valence-electron chi connectivity index (χ3n) is 1.67. The van der Waals surface area contributed by atoms with Crippen molar-refractivity contribution in [2.45, 2.75) is 18.7 Å². The molecule has 76 valence electrons. The van der Waals surface area contributed by atoms with E-state index < -0.39 is 10.0 Å². The van der Waals surface area contributed by atoms with Crippen molar-refractivity contribution in [2.75, 3.05) is 6.54 Å². The van der Waals surface area contributed by atoms with E-state index in [0.717, 1.165) is 0 Å². The Morgan fingerprint density at radius 1 is 1.57 bits per heavy atom. The molecular formula is C7H10N4O2S. The molecule has 1 rings (SSSR count). The molecule has 1 heterocycles. The van der Waals surface area contributed by atoms with Crippen LogP contribution in [0.5, 0.6) is 0 Å². The SMILES string of the molecule is Cc1n[nH]c(C)c1S(=O)(=O)NCC#N. The van der Waals surface area contributed by atoms with Gasteiger partial charge in [-0.15, -0.1) is 0 Å². The van der Waals surface area contributed by atoms with Crippen molar-refractivity contribution in [3.8, 4) is 6.07 Å². The summed E-state index contributed by atoms with van der Waals surface area (Å²) in [5.74, 6) is 0. The third-order valence-corrected chi connectivity index (χ3v) is 3.33. The molecular weight excluding hydrogens is 204 g/mol. The summed E-state index contributed by atoms with van der Waals surface area (Å²) in [7, 11) is -3.61. The standard InChI is InChI=1S/C7H10N4O2S/c1-5-7(6(2)11-10-5)14(12,13)9-4-3-8/h9H,4H2,1-2H3,(H,10,11). The van der Waals surface area contributed by atoms with Crippen molar-refractivity contribution in [3.05, 3.63) is 11.4 Å². The van der Waals surface area contributed by atoms with Gasteiger partial charge in [-0.1, -0.05) is 0 Å². The van der Waals surface area contributed by atoms with Crippen LogP contribution in [0.3, 0.4) is 0 Å². The molecule has 2 N–H and O–H groups in total. The minimum Gasteiger partial charge on any atom is -0.281 e. The molecule has 0 unspecified atom stereocenters. The summed E-state index contributed by atoms with van der Waals surface area (Å²) in [5.41, 5.74) is 0.862. The van der Waals surface area contributed by atoms with Crippen molar-refractivity contribution in [1.29, 1.82) is 5.26 Å². The number of hydrogen-bond donors (Lipinski definition) is 2. The number of sulfonamides is 1. The summed E-state index contributed by atoms with van der Waals surface area (Å²) >= 11 is 0. The van der Waals surface area contributed by atoms with Gasteiger partial charge in [0.05, 0.1) is 24.0 Å². The van der Waals surface area contributed by atoms with E-state index in [9.17, 15) is 8.42 Å². The van der Waals surface area contributed by atoms with Gasteiger partial charge in [0.2, 0.25) is 10.0 Å². The van der Waals surface area contributed by atoms with E-state index in [0.29, 0.717) is 11.4 Å². The van der Waals surface area contributed by atoms with Crippen molar-refractivity contribution in [1.82, 2.24) is 14.9 Å². The molecule has 0 atom stereocenters. The van der Waals surface area contributed by atoms with Gasteiger partial charge in [0, 0.05) is 0 Å². The molecule has 0 saturated heterocycles. The number of H-pyrrole nitrogens is 1. The van der Waals surface area contributed by atoms with E-state index in [1.165, 1.54) is 0 Å². The maximum absolute atomic E-state index is 11.6. The Morgan fingerprint density at radius 2 is 2.21 bits per heavy atom. The summed E-state index contributed by atoms with van der Waals surface area (Å²) in [6.07, 6.45) is 0. The largest absolute Gasteiger partial charge is 0.281 e. The zero-order chi connectivity index (χ0) is 10.8. The molecule has 1 aromatic heterocycles. The Bertz CT molecular complexity index is 449. The highest BCUT2D eigenvalue weighted by atomic mass is 32.2. The number of nitriles is 1. The van der Waals surface area contributed by atoms with Gasteiger partial charge < -0.3 is 0 Å². The van der Waals surface area contributed by atoms with E-state index in [2.05, 4.69) is 14.9 Å². The Morgan fingerprint density at radius 3 is 2.64 bits per heavy atom. The van der Waals surface area contributed by atoms with Crippen molar-refractivity contribution >= 4 is 10.0 Å². The highest BCUT2D eigenvalue weighted by Gasteiger charge is 2.21. The Balaban J connectivity index is 3.11. The lowest BCUT2D eigenvalue weighted by Gasteiger charge is -2.02. The van der Waals surface area contributed by atoms with Gasteiger partial charge in [-0.3, -0.25) is 5.10 Å². The Labute approximate surface area is 82.0 Å². The third kappa shape index (κ3) is 1.92. The van der Waals surface area contributed by atoms with E-state index in [1.807, 2.05) is 0 Å². The summed E-state index contributed by atoms with van der Waals surface area (Å²) in [5, 5.41) is 14.6. The topological polar surface area (TPSA) is 98.6 Å². The second kappa shape index (κ2) is 3.77. The molecule has 0 amide bonds. The number of nitrogens with one attached hydrogen (secondary N) is 2. The number of aromatic nitrogens is 2. The van der Waals surface area contributed by atoms with Gasteiger partial charge in [0.25, 0.3) is 0 Å². The molecule has 1 aromatic rings. The first-order valence-electron chi connectivity index (χ1n) is 3.87. The highest BCUT2D eigenvalue weighted by Crippen LogP contribution is 2.15. The second-order valence-corrected chi connectivity index (χ2v) is 4.45. The summed E-state index contributed by atoms with van der Waals surface area (Å²) in [6.45, 7) is 2.96. The Kier molecular flexibility index (Phi) is 2.88. The first kappa shape index (κ1) is 10.7. The number of aryl methyl sites for hydroxylation is 2. The van der Waals surface area contributed by atoms with Crippen molar-refractivity contribution in [3.63, 3.8) is 0 Å². The van der Waals surface area contributed by atoms with Gasteiger partial charge in [-0.2, -0.15) is 15.1 Å². The van der Waals surface area contributed by atoms with E-state index in [-0.39, 0.29) is 11.4 Å². The van der Waals surface area contributed by atoms with E-state index in [4.69, 9.17) is 5.26 Å². The molecule has 0 saturated carbocycles. The lowest BCUT2D eigenvalue weighted by molar-refractivity contribution is 0.584. The lowest BCUT2D eigenvalue weighted by atomic mass is 10.4. The zero-order valence-corrected chi connectivity index (χ0v) is 8.64. The molecule has 0 aliphatic carbocycles. The highest BCUT2D eigenvalue weighted by molar-refractivity contribution is 7.89. The number of aromatic amines is 1. The predicted octanol–water partition coefficient (Wildman–Crippen LogP) is -0.172. The second-order valence-electron chi connectivity index (χ2n) is 2.75. The monoisotopic (exact) mass is 214 g/mol. The number of rotatable bonds is 3. The molecule has 0 fully saturated rings. The van der Waals surface area contributed by atoms with E-state index in [1.54, 1.807) is 19.9 Å². The average Bonchev–Trinajstić information content (AvgIpc) is 2.43. The number of hydrogen-bond acceptors (Lipinski definition) is 4. The van der Waals surface area contributed by atoms with Crippen LogP contribution in [0.25, 0.3) is 0 Å². The average molecular weight is 214 g/mol. The first-order chi connectivity index (χ1) is 6.49. The van der Waals surface area contributed by atoms with Gasteiger partial charge in [-0.05, 0) is 13.8 Å². The fraction of sp³-hybridized carbons (Fsp3) is 0.429. The summed E-state index contributed by atoms with van der Waals surface area (Å²) in [6, 6.07) is 1.70. The molecule has 6 nitrogen and oxygen atoms in total. The molecule has 14 heavy (non-hydrogen) atoms. The van der Waals surface area contributed by atoms with Crippen LogP contribution >= 0.6 is 0 Å². The molecule has 0 bridgehead atoms. The van der Waals surface area contributed by atoms with Crippen LogP contribution in [0.1, 0.15) is 11.4 Å². The fourth-order valence-electron chi connectivity index (χ4n) is 1.14. The van der Waals surface area contributed by atoms with Crippen LogP contribution in [0.15, 0.2) is 4.90 Å². The van der Waals surface area contributed by atoms with Gasteiger partial charge in [0.15, 0.2) is 0 Å². The lowest BCUT2D eigenvalue weighted by Crippen LogP contribution is -2.24. The van der Waals surface area contributed by atoms with Gasteiger partial charge in [-0.25, -0.2) is 8.42 Å². The van der Waals surface area contributed by atoms with Crippen LogP contribution < -0.4 is 4.72 Å². The van der Waals surface area contributed by atoms with Crippen molar-refractivity contribution < 1.29 is 8.42 Å². The molecule has 0 spiro atoms. The van der Waals surface area contributed by atoms with Gasteiger partial charge in [0.1, 0.15) is 4.90 Å². The summed E-state index contributed by atoms with van der Waals surface area (Å²) < 4.78 is 25.3. The van der Waals surface area contributed by atoms with E-state index >= 15 is 0 Å².